The maximum Gasteiger partial charge on any atom is 0.0459 e. The number of aliphatic hydroxyl groups is 1. The predicted molar refractivity (Wildman–Crippen MR) is 91.2 cm³/mol. The van der Waals surface area contributed by atoms with Crippen molar-refractivity contribution in [3.63, 3.8) is 0 Å². The van der Waals surface area contributed by atoms with Crippen LogP contribution in [0.2, 0.25) is 0 Å². The fraction of sp³-hybridized carbons (Fsp3) is 1.00. The first kappa shape index (κ1) is 20.0. The minimum Gasteiger partial charge on any atom is -0.396 e. The highest BCUT2D eigenvalue weighted by Gasteiger charge is 2.06. The first-order valence-corrected chi connectivity index (χ1v) is 9.46. The van der Waals surface area contributed by atoms with Gasteiger partial charge in [0, 0.05) is 6.61 Å². The van der Waals surface area contributed by atoms with Crippen LogP contribution < -0.4 is 0 Å². The topological polar surface area (TPSA) is 20.2 Å². The standard InChI is InChI=1S/C19H40O/c1-3-5-7-9-10-11-12-13-15-17-19(18-20)16-14-8-6-4-2/h19-20H,3-18H2,1-2H3. The van der Waals surface area contributed by atoms with Gasteiger partial charge in [0.15, 0.2) is 0 Å². The van der Waals surface area contributed by atoms with Crippen LogP contribution in [0.15, 0.2) is 0 Å². The summed E-state index contributed by atoms with van der Waals surface area (Å²) in [5.74, 6) is 0.580. The highest BCUT2D eigenvalue weighted by atomic mass is 16.3. The Morgan fingerprint density at radius 2 is 0.900 bits per heavy atom. The lowest BCUT2D eigenvalue weighted by molar-refractivity contribution is 0.204. The van der Waals surface area contributed by atoms with E-state index in [1.165, 1.54) is 96.3 Å². The van der Waals surface area contributed by atoms with Crippen molar-refractivity contribution < 1.29 is 5.11 Å². The molecule has 0 aromatic heterocycles. The molecule has 0 fully saturated rings. The molecule has 0 aliphatic heterocycles. The van der Waals surface area contributed by atoms with Gasteiger partial charge < -0.3 is 5.11 Å². The molecule has 0 aromatic rings. The molecule has 0 heterocycles. The van der Waals surface area contributed by atoms with Crippen LogP contribution >= 0.6 is 0 Å². The molecule has 1 atom stereocenters. The molecule has 1 heteroatoms. The molecule has 0 aliphatic carbocycles. The van der Waals surface area contributed by atoms with E-state index in [-0.39, 0.29) is 0 Å². The van der Waals surface area contributed by atoms with Gasteiger partial charge >= 0.3 is 0 Å². The van der Waals surface area contributed by atoms with Crippen LogP contribution in [0.3, 0.4) is 0 Å². The maximum absolute atomic E-state index is 9.41. The normalized spacial score (nSPS) is 12.8. The Kier molecular flexibility index (Phi) is 17.0. The molecule has 1 unspecified atom stereocenters. The second-order valence-electron chi connectivity index (χ2n) is 6.52. The molecule has 0 radical (unpaired) electrons. The zero-order chi connectivity index (χ0) is 14.9. The molecule has 0 spiro atoms. The number of hydrogen-bond donors (Lipinski definition) is 1. The largest absolute Gasteiger partial charge is 0.396 e. The molecular formula is C19H40O. The highest BCUT2D eigenvalue weighted by molar-refractivity contribution is 4.59. The second-order valence-corrected chi connectivity index (χ2v) is 6.52. The van der Waals surface area contributed by atoms with Crippen molar-refractivity contribution >= 4 is 0 Å². The molecule has 0 bridgehead atoms. The Morgan fingerprint density at radius 1 is 0.550 bits per heavy atom. The molecule has 0 amide bonds. The first-order chi connectivity index (χ1) is 9.85. The fourth-order valence-corrected chi connectivity index (χ4v) is 2.93. The lowest BCUT2D eigenvalue weighted by Crippen LogP contribution is -2.06. The Labute approximate surface area is 128 Å². The van der Waals surface area contributed by atoms with Crippen molar-refractivity contribution in [1.29, 1.82) is 0 Å². The van der Waals surface area contributed by atoms with Crippen LogP contribution in [-0.2, 0) is 0 Å². The summed E-state index contributed by atoms with van der Waals surface area (Å²) in [6.45, 7) is 4.94. The zero-order valence-electron chi connectivity index (χ0n) is 14.3. The Balaban J connectivity index is 3.24. The van der Waals surface area contributed by atoms with E-state index in [2.05, 4.69) is 13.8 Å². The van der Waals surface area contributed by atoms with Gasteiger partial charge in [-0.3, -0.25) is 0 Å². The van der Waals surface area contributed by atoms with Crippen molar-refractivity contribution in [2.45, 2.75) is 110 Å². The SMILES string of the molecule is CCCCCCCCCCCC(CO)CCCCCC. The number of hydrogen-bond acceptors (Lipinski definition) is 1. The summed E-state index contributed by atoms with van der Waals surface area (Å²) in [7, 11) is 0. The lowest BCUT2D eigenvalue weighted by atomic mass is 9.95. The lowest BCUT2D eigenvalue weighted by Gasteiger charge is -2.13. The van der Waals surface area contributed by atoms with Crippen molar-refractivity contribution in [3.8, 4) is 0 Å². The Bertz CT molecular complexity index is 167. The average Bonchev–Trinajstić information content (AvgIpc) is 2.47. The second kappa shape index (κ2) is 17.0. The van der Waals surface area contributed by atoms with Crippen LogP contribution in [-0.4, -0.2) is 11.7 Å². The van der Waals surface area contributed by atoms with Gasteiger partial charge in [0.05, 0.1) is 0 Å². The van der Waals surface area contributed by atoms with Gasteiger partial charge in [-0.25, -0.2) is 0 Å². The number of rotatable bonds is 16. The number of unbranched alkanes of at least 4 members (excludes halogenated alkanes) is 11. The predicted octanol–water partition coefficient (Wildman–Crippen LogP) is 6.49. The summed E-state index contributed by atoms with van der Waals surface area (Å²) in [6, 6.07) is 0. The van der Waals surface area contributed by atoms with Gasteiger partial charge in [0.25, 0.3) is 0 Å². The van der Waals surface area contributed by atoms with Crippen LogP contribution in [0.5, 0.6) is 0 Å². The molecule has 0 saturated heterocycles. The minimum atomic E-state index is 0.406. The van der Waals surface area contributed by atoms with Gasteiger partial charge in [0.1, 0.15) is 0 Å². The molecule has 0 aliphatic rings. The Morgan fingerprint density at radius 3 is 1.30 bits per heavy atom. The van der Waals surface area contributed by atoms with Crippen LogP contribution in [0.1, 0.15) is 110 Å². The van der Waals surface area contributed by atoms with Crippen LogP contribution in [0.25, 0.3) is 0 Å². The fourth-order valence-electron chi connectivity index (χ4n) is 2.93. The zero-order valence-corrected chi connectivity index (χ0v) is 14.3. The molecule has 0 saturated carbocycles. The summed E-state index contributed by atoms with van der Waals surface area (Å²) in [5.41, 5.74) is 0. The Hall–Kier alpha value is -0.0400. The molecule has 1 N–H and O–H groups in total. The van der Waals surface area contributed by atoms with Gasteiger partial charge in [-0.2, -0.15) is 0 Å². The maximum atomic E-state index is 9.41. The third-order valence-electron chi connectivity index (χ3n) is 4.44. The summed E-state index contributed by atoms with van der Waals surface area (Å²) < 4.78 is 0. The summed E-state index contributed by atoms with van der Waals surface area (Å²) in [6.07, 6.45) is 20.4. The van der Waals surface area contributed by atoms with Gasteiger partial charge in [-0.1, -0.05) is 97.3 Å². The molecule has 20 heavy (non-hydrogen) atoms. The molecule has 0 aromatic carbocycles. The number of aliphatic hydroxyl groups excluding tert-OH is 1. The summed E-state index contributed by atoms with van der Waals surface area (Å²) in [5, 5.41) is 9.41. The van der Waals surface area contributed by atoms with Gasteiger partial charge in [0.2, 0.25) is 0 Å². The van der Waals surface area contributed by atoms with E-state index < -0.39 is 0 Å². The van der Waals surface area contributed by atoms with Crippen molar-refractivity contribution in [3.05, 3.63) is 0 Å². The quantitative estimate of drug-likeness (QED) is 0.321. The molecule has 1 nitrogen and oxygen atoms in total. The van der Waals surface area contributed by atoms with E-state index >= 15 is 0 Å². The van der Waals surface area contributed by atoms with E-state index in [4.69, 9.17) is 0 Å². The smallest absolute Gasteiger partial charge is 0.0459 e. The van der Waals surface area contributed by atoms with Crippen molar-refractivity contribution in [2.75, 3.05) is 6.61 Å². The van der Waals surface area contributed by atoms with Crippen molar-refractivity contribution in [2.24, 2.45) is 5.92 Å². The van der Waals surface area contributed by atoms with Crippen molar-refractivity contribution in [1.82, 2.24) is 0 Å². The van der Waals surface area contributed by atoms with Gasteiger partial charge in [-0.05, 0) is 18.8 Å². The van der Waals surface area contributed by atoms with Gasteiger partial charge in [-0.15, -0.1) is 0 Å². The van der Waals surface area contributed by atoms with E-state index in [0.29, 0.717) is 12.5 Å². The van der Waals surface area contributed by atoms with E-state index in [1.807, 2.05) is 0 Å². The van der Waals surface area contributed by atoms with Crippen LogP contribution in [0.4, 0.5) is 0 Å². The monoisotopic (exact) mass is 284 g/mol. The summed E-state index contributed by atoms with van der Waals surface area (Å²) in [4.78, 5) is 0. The summed E-state index contributed by atoms with van der Waals surface area (Å²) >= 11 is 0. The van der Waals surface area contributed by atoms with E-state index in [0.717, 1.165) is 0 Å². The molecule has 0 rings (SSSR count). The van der Waals surface area contributed by atoms with E-state index in [1.54, 1.807) is 0 Å². The van der Waals surface area contributed by atoms with Crippen LogP contribution in [0, 0.1) is 5.92 Å². The third kappa shape index (κ3) is 14.4. The highest BCUT2D eigenvalue weighted by Crippen LogP contribution is 2.18. The third-order valence-corrected chi connectivity index (χ3v) is 4.44. The minimum absolute atomic E-state index is 0.406. The van der Waals surface area contributed by atoms with E-state index in [9.17, 15) is 5.11 Å². The molecular weight excluding hydrogens is 244 g/mol. The average molecular weight is 285 g/mol. The first-order valence-electron chi connectivity index (χ1n) is 9.46. The molecule has 122 valence electrons.